The fourth-order valence-corrected chi connectivity index (χ4v) is 3.21. The highest BCUT2D eigenvalue weighted by atomic mass is 35.5. The van der Waals surface area contributed by atoms with Crippen molar-refractivity contribution in [1.82, 2.24) is 14.2 Å². The number of anilines is 1. The first kappa shape index (κ1) is 17.1. The normalized spacial score (nSPS) is 18.9. The number of carbonyl (C=O) groups is 1. The van der Waals surface area contributed by atoms with Gasteiger partial charge in [0.15, 0.2) is 0 Å². The number of rotatable bonds is 4. The van der Waals surface area contributed by atoms with Gasteiger partial charge in [0.25, 0.3) is 0 Å². The molecule has 1 N–H and O–H groups in total. The quantitative estimate of drug-likeness (QED) is 0.865. The van der Waals surface area contributed by atoms with E-state index in [1.54, 1.807) is 19.1 Å². The van der Waals surface area contributed by atoms with Gasteiger partial charge in [-0.15, -0.1) is 0 Å². The minimum absolute atomic E-state index is 0.178. The second kappa shape index (κ2) is 6.91. The first-order valence-electron chi connectivity index (χ1n) is 6.89. The molecule has 1 unspecified atom stereocenters. The predicted molar refractivity (Wildman–Crippen MR) is 85.3 cm³/mol. The topological polar surface area (TPSA) is 82.6 Å². The second-order valence-corrected chi connectivity index (χ2v) is 7.64. The Hall–Kier alpha value is -1.22. The molecular formula is C13H19ClN4O3S. The van der Waals surface area contributed by atoms with Crippen LogP contribution in [-0.2, 0) is 14.8 Å². The molecule has 0 radical (unpaired) electrons. The van der Waals surface area contributed by atoms with Crippen LogP contribution >= 0.6 is 11.6 Å². The van der Waals surface area contributed by atoms with Crippen LogP contribution in [0.5, 0.6) is 0 Å². The predicted octanol–water partition coefficient (Wildman–Crippen LogP) is 0.639. The summed E-state index contributed by atoms with van der Waals surface area (Å²) in [6.07, 6.45) is 2.66. The molecule has 0 aromatic carbocycles. The largest absolute Gasteiger partial charge is 0.309 e. The highest BCUT2D eigenvalue weighted by Crippen LogP contribution is 2.13. The summed E-state index contributed by atoms with van der Waals surface area (Å²) in [5, 5.41) is 3.23. The average Bonchev–Trinajstić information content (AvgIpc) is 2.48. The van der Waals surface area contributed by atoms with E-state index in [0.717, 1.165) is 0 Å². The van der Waals surface area contributed by atoms with Crippen LogP contribution in [0.2, 0.25) is 5.02 Å². The number of nitrogens with zero attached hydrogens (tertiary/aromatic N) is 3. The van der Waals surface area contributed by atoms with Gasteiger partial charge >= 0.3 is 0 Å². The van der Waals surface area contributed by atoms with Gasteiger partial charge in [0, 0.05) is 32.4 Å². The molecule has 1 aromatic rings. The Bertz CT molecular complexity index is 627. The van der Waals surface area contributed by atoms with Crippen LogP contribution in [0.4, 0.5) is 5.82 Å². The summed E-state index contributed by atoms with van der Waals surface area (Å²) in [6, 6.07) is 2.92. The minimum Gasteiger partial charge on any atom is -0.309 e. The number of halogens is 1. The number of aromatic nitrogens is 1. The van der Waals surface area contributed by atoms with Crippen LogP contribution in [0.1, 0.15) is 6.92 Å². The second-order valence-electron chi connectivity index (χ2n) is 5.22. The van der Waals surface area contributed by atoms with Gasteiger partial charge < -0.3 is 5.32 Å². The van der Waals surface area contributed by atoms with Crippen molar-refractivity contribution < 1.29 is 13.2 Å². The van der Waals surface area contributed by atoms with E-state index >= 15 is 0 Å². The lowest BCUT2D eigenvalue weighted by Crippen LogP contribution is -2.53. The van der Waals surface area contributed by atoms with Crippen molar-refractivity contribution in [2.24, 2.45) is 0 Å². The van der Waals surface area contributed by atoms with Gasteiger partial charge in [-0.1, -0.05) is 11.6 Å². The Kier molecular flexibility index (Phi) is 5.38. The molecule has 1 saturated heterocycles. The summed E-state index contributed by atoms with van der Waals surface area (Å²) >= 11 is 5.75. The van der Waals surface area contributed by atoms with Crippen molar-refractivity contribution in [2.75, 3.05) is 37.8 Å². The van der Waals surface area contributed by atoms with Gasteiger partial charge in [-0.3, -0.25) is 9.69 Å². The molecule has 7 nitrogen and oxygen atoms in total. The van der Waals surface area contributed by atoms with E-state index in [2.05, 4.69) is 10.3 Å². The van der Waals surface area contributed by atoms with Gasteiger partial charge in [-0.05, 0) is 19.1 Å². The standard InChI is InChI=1S/C13H19ClN4O3S/c1-10(13(19)16-12-4-3-11(14)9-15-12)17-5-7-18(8-6-17)22(2,20)21/h3-4,9-10H,5-8H2,1-2H3,(H,15,16,19). The Morgan fingerprint density at radius 1 is 1.32 bits per heavy atom. The Labute approximate surface area is 135 Å². The fraction of sp³-hybridized carbons (Fsp3) is 0.538. The molecule has 2 rings (SSSR count). The third kappa shape index (κ3) is 4.39. The van der Waals surface area contributed by atoms with Crippen LogP contribution in [-0.4, -0.2) is 67.0 Å². The monoisotopic (exact) mass is 346 g/mol. The molecule has 0 spiro atoms. The van der Waals surface area contributed by atoms with Gasteiger partial charge in [0.2, 0.25) is 15.9 Å². The number of hydrogen-bond donors (Lipinski definition) is 1. The van der Waals surface area contributed by atoms with Crippen molar-refractivity contribution >= 4 is 33.3 Å². The van der Waals surface area contributed by atoms with Crippen molar-refractivity contribution in [1.29, 1.82) is 0 Å². The van der Waals surface area contributed by atoms with E-state index in [9.17, 15) is 13.2 Å². The number of hydrogen-bond acceptors (Lipinski definition) is 5. The molecule has 0 aliphatic carbocycles. The number of amides is 1. The summed E-state index contributed by atoms with van der Waals surface area (Å²) in [7, 11) is -3.16. The number of sulfonamides is 1. The molecule has 122 valence electrons. The zero-order valence-corrected chi connectivity index (χ0v) is 14.1. The molecule has 2 heterocycles. The average molecular weight is 347 g/mol. The highest BCUT2D eigenvalue weighted by molar-refractivity contribution is 7.88. The molecule has 1 aromatic heterocycles. The maximum absolute atomic E-state index is 12.2. The number of pyridine rings is 1. The zero-order chi connectivity index (χ0) is 16.3. The maximum Gasteiger partial charge on any atom is 0.242 e. The summed E-state index contributed by atoms with van der Waals surface area (Å²) in [5.41, 5.74) is 0. The summed E-state index contributed by atoms with van der Waals surface area (Å²) in [6.45, 7) is 3.64. The fourth-order valence-electron chi connectivity index (χ4n) is 2.27. The molecule has 0 saturated carbocycles. The number of nitrogens with one attached hydrogen (secondary N) is 1. The molecule has 1 atom stereocenters. The van der Waals surface area contributed by atoms with Gasteiger partial charge in [0.1, 0.15) is 5.82 Å². The van der Waals surface area contributed by atoms with Crippen LogP contribution < -0.4 is 5.32 Å². The molecule has 22 heavy (non-hydrogen) atoms. The van der Waals surface area contributed by atoms with Crippen LogP contribution in [0.25, 0.3) is 0 Å². The Morgan fingerprint density at radius 2 is 1.95 bits per heavy atom. The minimum atomic E-state index is -3.16. The number of piperazine rings is 1. The third-order valence-corrected chi connectivity index (χ3v) is 5.17. The van der Waals surface area contributed by atoms with Crippen molar-refractivity contribution in [3.05, 3.63) is 23.4 Å². The smallest absolute Gasteiger partial charge is 0.242 e. The lowest BCUT2D eigenvalue weighted by molar-refractivity contribution is -0.121. The molecule has 9 heteroatoms. The van der Waals surface area contributed by atoms with Crippen molar-refractivity contribution in [2.45, 2.75) is 13.0 Å². The molecule has 1 aliphatic heterocycles. The molecule has 1 aliphatic rings. The van der Waals surface area contributed by atoms with Crippen LogP contribution in [0.15, 0.2) is 18.3 Å². The Morgan fingerprint density at radius 3 is 2.45 bits per heavy atom. The van der Waals surface area contributed by atoms with Crippen molar-refractivity contribution in [3.8, 4) is 0 Å². The SMILES string of the molecule is CC(C(=O)Nc1ccc(Cl)cn1)N1CCN(S(C)(=O)=O)CC1. The molecule has 1 fully saturated rings. The summed E-state index contributed by atoms with van der Waals surface area (Å²) in [4.78, 5) is 18.2. The van der Waals surface area contributed by atoms with E-state index in [-0.39, 0.29) is 11.9 Å². The summed E-state index contributed by atoms with van der Waals surface area (Å²) in [5.74, 6) is 0.263. The van der Waals surface area contributed by atoms with Gasteiger partial charge in [-0.2, -0.15) is 4.31 Å². The van der Waals surface area contributed by atoms with E-state index < -0.39 is 10.0 Å². The van der Waals surface area contributed by atoms with E-state index in [1.807, 2.05) is 4.90 Å². The number of carbonyl (C=O) groups excluding carboxylic acids is 1. The van der Waals surface area contributed by atoms with Crippen molar-refractivity contribution in [3.63, 3.8) is 0 Å². The Balaban J connectivity index is 1.90. The lowest BCUT2D eigenvalue weighted by Gasteiger charge is -2.36. The lowest BCUT2D eigenvalue weighted by atomic mass is 10.2. The van der Waals surface area contributed by atoms with Crippen LogP contribution in [0, 0.1) is 0 Å². The molecule has 0 bridgehead atoms. The van der Waals surface area contributed by atoms with Gasteiger partial charge in [-0.25, -0.2) is 13.4 Å². The summed E-state index contributed by atoms with van der Waals surface area (Å²) < 4.78 is 24.4. The van der Waals surface area contributed by atoms with Crippen LogP contribution in [0.3, 0.4) is 0 Å². The first-order chi connectivity index (χ1) is 10.3. The van der Waals surface area contributed by atoms with E-state index in [4.69, 9.17) is 11.6 Å². The van der Waals surface area contributed by atoms with Gasteiger partial charge in [0.05, 0.1) is 17.3 Å². The first-order valence-corrected chi connectivity index (χ1v) is 9.11. The van der Waals surface area contributed by atoms with E-state index in [1.165, 1.54) is 16.8 Å². The highest BCUT2D eigenvalue weighted by Gasteiger charge is 2.28. The maximum atomic E-state index is 12.2. The van der Waals surface area contributed by atoms with E-state index in [0.29, 0.717) is 37.0 Å². The third-order valence-electron chi connectivity index (χ3n) is 3.65. The molecular weight excluding hydrogens is 328 g/mol. The zero-order valence-electron chi connectivity index (χ0n) is 12.5. The molecule has 1 amide bonds.